The molecule has 7 heteroatoms. The lowest BCUT2D eigenvalue weighted by Crippen LogP contribution is -2.43. The van der Waals surface area contributed by atoms with Crippen molar-refractivity contribution in [3.8, 4) is 5.69 Å². The van der Waals surface area contributed by atoms with Crippen LogP contribution in [0.2, 0.25) is 0 Å². The Hall–Kier alpha value is -3.87. The highest BCUT2D eigenvalue weighted by molar-refractivity contribution is 5.84. The minimum atomic E-state index is -0.843. The summed E-state index contributed by atoms with van der Waals surface area (Å²) in [6.07, 6.45) is 1.53. The Labute approximate surface area is 178 Å². The number of benzene rings is 2. The maximum atomic E-state index is 13.6. The summed E-state index contributed by atoms with van der Waals surface area (Å²) < 4.78 is 7.78. The Kier molecular flexibility index (Phi) is 5.33. The predicted molar refractivity (Wildman–Crippen MR) is 119 cm³/mol. The van der Waals surface area contributed by atoms with E-state index >= 15 is 0 Å². The summed E-state index contributed by atoms with van der Waals surface area (Å²) in [5.74, 6) is 0.257. The normalized spacial score (nSPS) is 12.1. The molecule has 7 nitrogen and oxygen atoms in total. The van der Waals surface area contributed by atoms with E-state index in [9.17, 15) is 14.4 Å². The zero-order chi connectivity index (χ0) is 22.1. The molecule has 2 aromatic heterocycles. The maximum absolute atomic E-state index is 13.6. The molecular formula is C24H23N3O4. The minimum Gasteiger partial charge on any atom is -0.467 e. The van der Waals surface area contributed by atoms with Crippen LogP contribution in [0.15, 0.2) is 74.9 Å². The van der Waals surface area contributed by atoms with E-state index in [-0.39, 0.29) is 12.5 Å². The fraction of sp³-hybridized carbons (Fsp3) is 0.208. The van der Waals surface area contributed by atoms with E-state index in [2.05, 4.69) is 5.32 Å². The van der Waals surface area contributed by atoms with Gasteiger partial charge in [0.15, 0.2) is 0 Å². The molecule has 1 unspecified atom stereocenters. The Morgan fingerprint density at radius 3 is 2.55 bits per heavy atom. The molecule has 0 saturated heterocycles. The van der Waals surface area contributed by atoms with Crippen LogP contribution in [0.1, 0.15) is 29.9 Å². The van der Waals surface area contributed by atoms with Crippen molar-refractivity contribution in [1.82, 2.24) is 14.5 Å². The van der Waals surface area contributed by atoms with Crippen LogP contribution in [0.3, 0.4) is 0 Å². The molecule has 0 radical (unpaired) electrons. The van der Waals surface area contributed by atoms with Gasteiger partial charge in [-0.2, -0.15) is 0 Å². The third-order valence-electron chi connectivity index (χ3n) is 5.60. The number of hydrogen-bond donors (Lipinski definition) is 1. The van der Waals surface area contributed by atoms with Crippen LogP contribution < -0.4 is 16.6 Å². The number of nitrogens with one attached hydrogen (secondary N) is 1. The monoisotopic (exact) mass is 417 g/mol. The fourth-order valence-corrected chi connectivity index (χ4v) is 3.70. The van der Waals surface area contributed by atoms with Crippen LogP contribution in [-0.2, 0) is 11.3 Å². The number of nitrogens with zero attached hydrogens (tertiary/aromatic N) is 2. The molecule has 0 saturated carbocycles. The third kappa shape index (κ3) is 3.59. The van der Waals surface area contributed by atoms with Crippen LogP contribution in [0.4, 0.5) is 0 Å². The van der Waals surface area contributed by atoms with Crippen LogP contribution in [0.5, 0.6) is 0 Å². The molecule has 1 atom stereocenters. The first-order chi connectivity index (χ1) is 14.9. The first-order valence-electron chi connectivity index (χ1n) is 10.0. The number of rotatable bonds is 5. The van der Waals surface area contributed by atoms with Crippen molar-refractivity contribution in [2.45, 2.75) is 33.4 Å². The molecule has 0 aliphatic rings. The van der Waals surface area contributed by atoms with Gasteiger partial charge in [0, 0.05) is 0 Å². The van der Waals surface area contributed by atoms with E-state index < -0.39 is 17.3 Å². The summed E-state index contributed by atoms with van der Waals surface area (Å²) >= 11 is 0. The second-order valence-corrected chi connectivity index (χ2v) is 7.50. The summed E-state index contributed by atoms with van der Waals surface area (Å²) in [7, 11) is 0. The van der Waals surface area contributed by atoms with Gasteiger partial charge in [0.05, 0.1) is 29.4 Å². The Morgan fingerprint density at radius 2 is 1.81 bits per heavy atom. The number of carbonyl (C=O) groups excluding carboxylic acids is 1. The minimum absolute atomic E-state index is 0.208. The van der Waals surface area contributed by atoms with Crippen LogP contribution >= 0.6 is 0 Å². The first kappa shape index (κ1) is 20.4. The number of para-hydroxylation sites is 1. The molecule has 0 fully saturated rings. The summed E-state index contributed by atoms with van der Waals surface area (Å²) in [5.41, 5.74) is 1.76. The lowest BCUT2D eigenvalue weighted by Gasteiger charge is -2.20. The topological polar surface area (TPSA) is 86.2 Å². The van der Waals surface area contributed by atoms with E-state index in [1.54, 1.807) is 49.4 Å². The molecule has 4 aromatic rings. The fourth-order valence-electron chi connectivity index (χ4n) is 3.70. The molecule has 158 valence electrons. The van der Waals surface area contributed by atoms with Crippen LogP contribution in [-0.4, -0.2) is 15.0 Å². The van der Waals surface area contributed by atoms with Crippen molar-refractivity contribution in [3.63, 3.8) is 0 Å². The van der Waals surface area contributed by atoms with E-state index in [0.29, 0.717) is 22.4 Å². The molecule has 31 heavy (non-hydrogen) atoms. The number of amides is 1. The van der Waals surface area contributed by atoms with Crippen molar-refractivity contribution in [3.05, 3.63) is 98.6 Å². The largest absolute Gasteiger partial charge is 0.467 e. The highest BCUT2D eigenvalue weighted by Gasteiger charge is 2.23. The number of furan rings is 1. The number of aromatic nitrogens is 2. The van der Waals surface area contributed by atoms with E-state index in [0.717, 1.165) is 15.7 Å². The molecule has 2 heterocycles. The zero-order valence-electron chi connectivity index (χ0n) is 17.6. The van der Waals surface area contributed by atoms with Crippen molar-refractivity contribution in [1.29, 1.82) is 0 Å². The van der Waals surface area contributed by atoms with Gasteiger partial charge in [0.1, 0.15) is 11.8 Å². The molecule has 4 rings (SSSR count). The van der Waals surface area contributed by atoms with Crippen molar-refractivity contribution < 1.29 is 9.21 Å². The van der Waals surface area contributed by atoms with Crippen LogP contribution in [0.25, 0.3) is 16.6 Å². The SMILES string of the molecule is Cc1cccc(-n2c(=O)c3ccccc3n(C(C)C(=O)NCc3ccco3)c2=O)c1C. The Morgan fingerprint density at radius 1 is 1.03 bits per heavy atom. The number of carbonyl (C=O) groups is 1. The quantitative estimate of drug-likeness (QED) is 0.540. The molecule has 1 N–H and O–H groups in total. The number of hydrogen-bond acceptors (Lipinski definition) is 4. The molecule has 0 spiro atoms. The number of aryl methyl sites for hydroxylation is 1. The second-order valence-electron chi connectivity index (χ2n) is 7.50. The predicted octanol–water partition coefficient (Wildman–Crippen LogP) is 3.24. The Balaban J connectivity index is 1.89. The van der Waals surface area contributed by atoms with Crippen molar-refractivity contribution >= 4 is 16.8 Å². The molecular weight excluding hydrogens is 394 g/mol. The van der Waals surface area contributed by atoms with E-state index in [4.69, 9.17) is 4.42 Å². The van der Waals surface area contributed by atoms with Gasteiger partial charge >= 0.3 is 5.69 Å². The lowest BCUT2D eigenvalue weighted by atomic mass is 10.1. The van der Waals surface area contributed by atoms with Gasteiger partial charge in [-0.05, 0) is 62.2 Å². The molecule has 0 bridgehead atoms. The summed E-state index contributed by atoms with van der Waals surface area (Å²) in [5, 5.41) is 3.16. The second kappa shape index (κ2) is 8.10. The lowest BCUT2D eigenvalue weighted by molar-refractivity contribution is -0.124. The van der Waals surface area contributed by atoms with E-state index in [1.165, 1.54) is 10.8 Å². The van der Waals surface area contributed by atoms with Crippen molar-refractivity contribution in [2.24, 2.45) is 0 Å². The highest BCUT2D eigenvalue weighted by Crippen LogP contribution is 2.18. The third-order valence-corrected chi connectivity index (χ3v) is 5.60. The Bertz CT molecular complexity index is 1380. The van der Waals surface area contributed by atoms with Crippen molar-refractivity contribution in [2.75, 3.05) is 0 Å². The standard InChI is InChI=1S/C24H23N3O4/c1-15-8-6-12-20(16(15)2)27-23(29)19-10-4-5-11-21(19)26(24(27)30)17(3)22(28)25-14-18-9-7-13-31-18/h4-13,17H,14H2,1-3H3,(H,25,28). The highest BCUT2D eigenvalue weighted by atomic mass is 16.3. The van der Waals surface area contributed by atoms with Gasteiger partial charge in [0.25, 0.3) is 5.56 Å². The van der Waals surface area contributed by atoms with Gasteiger partial charge in [-0.1, -0.05) is 24.3 Å². The van der Waals surface area contributed by atoms with Gasteiger partial charge in [0.2, 0.25) is 5.91 Å². The number of fused-ring (bicyclic) bond motifs is 1. The zero-order valence-corrected chi connectivity index (χ0v) is 17.6. The summed E-state index contributed by atoms with van der Waals surface area (Å²) in [4.78, 5) is 39.7. The van der Waals surface area contributed by atoms with Gasteiger partial charge < -0.3 is 9.73 Å². The molecule has 0 aliphatic carbocycles. The molecule has 0 aliphatic heterocycles. The summed E-state index contributed by atoms with van der Waals surface area (Å²) in [6, 6.07) is 15.0. The molecule has 1 amide bonds. The maximum Gasteiger partial charge on any atom is 0.336 e. The summed E-state index contributed by atoms with van der Waals surface area (Å²) in [6.45, 7) is 5.65. The average Bonchev–Trinajstić information content (AvgIpc) is 3.28. The van der Waals surface area contributed by atoms with Gasteiger partial charge in [-0.3, -0.25) is 14.2 Å². The smallest absolute Gasteiger partial charge is 0.336 e. The van der Waals surface area contributed by atoms with Gasteiger partial charge in [-0.15, -0.1) is 0 Å². The van der Waals surface area contributed by atoms with Gasteiger partial charge in [-0.25, -0.2) is 9.36 Å². The molecule has 2 aromatic carbocycles. The van der Waals surface area contributed by atoms with E-state index in [1.807, 2.05) is 26.0 Å². The average molecular weight is 417 g/mol. The van der Waals surface area contributed by atoms with Crippen LogP contribution in [0, 0.1) is 13.8 Å². The first-order valence-corrected chi connectivity index (χ1v) is 10.0.